The second-order valence-electron chi connectivity index (χ2n) is 7.33. The molecule has 0 saturated heterocycles. The Morgan fingerprint density at radius 1 is 0.967 bits per heavy atom. The Balaban J connectivity index is 1.49. The number of urea groups is 1. The normalized spacial score (nSPS) is 10.5. The van der Waals surface area contributed by atoms with Crippen molar-refractivity contribution < 1.29 is 9.59 Å². The molecule has 3 amide bonds. The van der Waals surface area contributed by atoms with E-state index in [0.717, 1.165) is 33.5 Å². The van der Waals surface area contributed by atoms with Gasteiger partial charge in [-0.05, 0) is 49.1 Å². The zero-order chi connectivity index (χ0) is 21.5. The number of benzene rings is 2. The molecule has 30 heavy (non-hydrogen) atoms. The third kappa shape index (κ3) is 5.70. The number of nitrogens with one attached hydrogen (secondary N) is 3. The fourth-order valence-electron chi connectivity index (χ4n) is 3.41. The average Bonchev–Trinajstić information content (AvgIpc) is 3.21. The molecule has 156 valence electrons. The number of hydrogen-bond donors (Lipinski definition) is 3. The van der Waals surface area contributed by atoms with E-state index in [9.17, 15) is 9.59 Å². The Morgan fingerprint density at radius 3 is 2.33 bits per heavy atom. The first-order chi connectivity index (χ1) is 14.4. The highest BCUT2D eigenvalue weighted by atomic mass is 16.2. The van der Waals surface area contributed by atoms with Crippen molar-refractivity contribution in [3.05, 3.63) is 82.7 Å². The zero-order valence-corrected chi connectivity index (χ0v) is 17.5. The van der Waals surface area contributed by atoms with E-state index in [2.05, 4.69) is 21.0 Å². The van der Waals surface area contributed by atoms with Crippen LogP contribution in [0.5, 0.6) is 0 Å². The maximum atomic E-state index is 12.2. The van der Waals surface area contributed by atoms with E-state index in [-0.39, 0.29) is 12.5 Å². The van der Waals surface area contributed by atoms with Crippen molar-refractivity contribution in [1.29, 1.82) is 0 Å². The molecule has 0 aliphatic carbocycles. The topological polar surface area (TPSA) is 88.0 Å². The first-order valence-electron chi connectivity index (χ1n) is 9.86. The Kier molecular flexibility index (Phi) is 6.85. The van der Waals surface area contributed by atoms with Crippen LogP contribution in [0.3, 0.4) is 0 Å². The van der Waals surface area contributed by atoms with Gasteiger partial charge in [-0.1, -0.05) is 42.0 Å². The number of carbonyl (C=O) groups excluding carboxylic acids is 2. The van der Waals surface area contributed by atoms with Crippen LogP contribution in [0.4, 0.5) is 10.5 Å². The van der Waals surface area contributed by atoms with Gasteiger partial charge in [0.05, 0.1) is 13.1 Å². The molecule has 2 aromatic carbocycles. The Labute approximate surface area is 176 Å². The van der Waals surface area contributed by atoms with Crippen LogP contribution in [-0.4, -0.2) is 28.3 Å². The molecule has 3 N–H and O–H groups in total. The lowest BCUT2D eigenvalue weighted by atomic mass is 10.1. The summed E-state index contributed by atoms with van der Waals surface area (Å²) in [5.41, 5.74) is 6.01. The summed E-state index contributed by atoms with van der Waals surface area (Å²) < 4.78 is 1.83. The van der Waals surface area contributed by atoms with Gasteiger partial charge in [-0.15, -0.1) is 0 Å². The van der Waals surface area contributed by atoms with Crippen molar-refractivity contribution in [1.82, 2.24) is 20.4 Å². The SMILES string of the molecule is Cc1cc(C)c(NC(=O)CNC(=O)NCc2ccccc2Cn2cccn2)c(C)c1. The highest BCUT2D eigenvalue weighted by molar-refractivity contribution is 5.95. The lowest BCUT2D eigenvalue weighted by Gasteiger charge is -2.14. The monoisotopic (exact) mass is 405 g/mol. The molecular weight excluding hydrogens is 378 g/mol. The van der Waals surface area contributed by atoms with Crippen molar-refractivity contribution in [3.63, 3.8) is 0 Å². The van der Waals surface area contributed by atoms with Gasteiger partial charge in [0.25, 0.3) is 0 Å². The minimum Gasteiger partial charge on any atom is -0.334 e. The van der Waals surface area contributed by atoms with Crippen LogP contribution in [-0.2, 0) is 17.9 Å². The Hall–Kier alpha value is -3.61. The molecule has 0 spiro atoms. The van der Waals surface area contributed by atoms with Gasteiger partial charge < -0.3 is 16.0 Å². The summed E-state index contributed by atoms with van der Waals surface area (Å²) >= 11 is 0. The van der Waals surface area contributed by atoms with Gasteiger partial charge in [0.2, 0.25) is 5.91 Å². The van der Waals surface area contributed by atoms with E-state index in [1.165, 1.54) is 0 Å². The Bertz CT molecular complexity index is 1000. The van der Waals surface area contributed by atoms with Crippen LogP contribution in [0.25, 0.3) is 0 Å². The number of aryl methyl sites for hydroxylation is 3. The van der Waals surface area contributed by atoms with Gasteiger partial charge in [0, 0.05) is 24.6 Å². The molecule has 0 aliphatic heterocycles. The first kappa shape index (κ1) is 21.1. The number of hydrogen-bond acceptors (Lipinski definition) is 3. The van der Waals surface area contributed by atoms with Crippen LogP contribution in [0, 0.1) is 20.8 Å². The van der Waals surface area contributed by atoms with E-state index in [1.807, 2.05) is 74.1 Å². The van der Waals surface area contributed by atoms with Crippen molar-refractivity contribution in [2.24, 2.45) is 0 Å². The standard InChI is InChI=1S/C23H27N5O2/c1-16-11-17(2)22(18(3)12-16)27-21(29)14-25-23(30)24-13-19-7-4-5-8-20(19)15-28-10-6-9-26-28/h4-12H,13-15H2,1-3H3,(H,27,29)(H2,24,25,30). The minimum absolute atomic E-state index is 0.104. The van der Waals surface area contributed by atoms with Crippen LogP contribution >= 0.6 is 0 Å². The summed E-state index contributed by atoms with van der Waals surface area (Å²) in [6, 6.07) is 13.4. The summed E-state index contributed by atoms with van der Waals surface area (Å²) in [5.74, 6) is -0.265. The van der Waals surface area contributed by atoms with Gasteiger partial charge in [-0.25, -0.2) is 4.79 Å². The molecule has 0 fully saturated rings. The summed E-state index contributed by atoms with van der Waals surface area (Å²) in [6.45, 7) is 6.82. The zero-order valence-electron chi connectivity index (χ0n) is 17.5. The quantitative estimate of drug-likeness (QED) is 0.564. The van der Waals surface area contributed by atoms with Gasteiger partial charge in [0.1, 0.15) is 0 Å². The highest BCUT2D eigenvalue weighted by Crippen LogP contribution is 2.21. The molecule has 0 aliphatic rings. The molecule has 1 aromatic heterocycles. The number of rotatable bonds is 7. The molecule has 0 radical (unpaired) electrons. The van der Waals surface area contributed by atoms with Crippen LogP contribution in [0.1, 0.15) is 27.8 Å². The smallest absolute Gasteiger partial charge is 0.315 e. The number of aromatic nitrogens is 2. The molecule has 0 bridgehead atoms. The minimum atomic E-state index is -0.392. The number of amides is 3. The number of nitrogens with zero attached hydrogens (tertiary/aromatic N) is 2. The second kappa shape index (κ2) is 9.73. The summed E-state index contributed by atoms with van der Waals surface area (Å²) in [6.07, 6.45) is 3.63. The second-order valence-corrected chi connectivity index (χ2v) is 7.33. The van der Waals surface area contributed by atoms with Crippen molar-refractivity contribution in [2.75, 3.05) is 11.9 Å². The van der Waals surface area contributed by atoms with Gasteiger partial charge in [-0.2, -0.15) is 5.10 Å². The molecule has 3 aromatic rings. The third-order valence-corrected chi connectivity index (χ3v) is 4.80. The van der Waals surface area contributed by atoms with E-state index in [4.69, 9.17) is 0 Å². The molecule has 0 saturated carbocycles. The predicted octanol–water partition coefficient (Wildman–Crippen LogP) is 3.29. The molecule has 7 heteroatoms. The molecule has 0 atom stereocenters. The lowest BCUT2D eigenvalue weighted by molar-refractivity contribution is -0.115. The van der Waals surface area contributed by atoms with E-state index >= 15 is 0 Å². The van der Waals surface area contributed by atoms with Crippen molar-refractivity contribution >= 4 is 17.6 Å². The number of carbonyl (C=O) groups is 2. The van der Waals surface area contributed by atoms with E-state index in [1.54, 1.807) is 6.20 Å². The van der Waals surface area contributed by atoms with Gasteiger partial charge in [-0.3, -0.25) is 9.48 Å². The van der Waals surface area contributed by atoms with Gasteiger partial charge in [0.15, 0.2) is 0 Å². The fourth-order valence-corrected chi connectivity index (χ4v) is 3.41. The van der Waals surface area contributed by atoms with Crippen molar-refractivity contribution in [2.45, 2.75) is 33.9 Å². The maximum absolute atomic E-state index is 12.2. The molecule has 7 nitrogen and oxygen atoms in total. The third-order valence-electron chi connectivity index (χ3n) is 4.80. The number of anilines is 1. The van der Waals surface area contributed by atoms with Crippen LogP contribution in [0.15, 0.2) is 54.9 Å². The molecule has 3 rings (SSSR count). The molecular formula is C23H27N5O2. The molecule has 1 heterocycles. The molecule has 0 unspecified atom stereocenters. The first-order valence-corrected chi connectivity index (χ1v) is 9.86. The van der Waals surface area contributed by atoms with Crippen LogP contribution in [0.2, 0.25) is 0 Å². The summed E-state index contributed by atoms with van der Waals surface area (Å²) in [4.78, 5) is 24.4. The fraction of sp³-hybridized carbons (Fsp3) is 0.261. The lowest BCUT2D eigenvalue weighted by Crippen LogP contribution is -2.40. The Morgan fingerprint density at radius 2 is 1.67 bits per heavy atom. The summed E-state index contributed by atoms with van der Waals surface area (Å²) in [5, 5.41) is 12.5. The summed E-state index contributed by atoms with van der Waals surface area (Å²) in [7, 11) is 0. The van der Waals surface area contributed by atoms with Crippen molar-refractivity contribution in [3.8, 4) is 0 Å². The predicted molar refractivity (Wildman–Crippen MR) is 117 cm³/mol. The average molecular weight is 406 g/mol. The van der Waals surface area contributed by atoms with E-state index < -0.39 is 6.03 Å². The maximum Gasteiger partial charge on any atom is 0.315 e. The largest absolute Gasteiger partial charge is 0.334 e. The van der Waals surface area contributed by atoms with E-state index in [0.29, 0.717) is 13.1 Å². The van der Waals surface area contributed by atoms with Crippen LogP contribution < -0.4 is 16.0 Å². The highest BCUT2D eigenvalue weighted by Gasteiger charge is 2.10. The van der Waals surface area contributed by atoms with Gasteiger partial charge >= 0.3 is 6.03 Å².